The molecule has 0 unspecified atom stereocenters. The van der Waals surface area contributed by atoms with Gasteiger partial charge in [0.2, 0.25) is 0 Å². The molecule has 1 saturated heterocycles. The third-order valence-electron chi connectivity index (χ3n) is 4.90. The van der Waals surface area contributed by atoms with E-state index in [0.29, 0.717) is 11.6 Å². The predicted molar refractivity (Wildman–Crippen MR) is 108 cm³/mol. The number of piperidine rings is 1. The Morgan fingerprint density at radius 2 is 2.04 bits per heavy atom. The first kappa shape index (κ1) is 18.5. The summed E-state index contributed by atoms with van der Waals surface area (Å²) in [6.07, 6.45) is 1.75. The molecular weight excluding hydrogens is 379 g/mol. The first-order valence-corrected chi connectivity index (χ1v) is 9.59. The second kappa shape index (κ2) is 8.02. The number of rotatable bonds is 4. The highest BCUT2D eigenvalue weighted by Crippen LogP contribution is 2.24. The Balaban J connectivity index is 1.44. The van der Waals surface area contributed by atoms with Crippen LogP contribution in [0.1, 0.15) is 23.2 Å². The van der Waals surface area contributed by atoms with Crippen LogP contribution >= 0.6 is 11.6 Å². The van der Waals surface area contributed by atoms with Crippen LogP contribution in [0.25, 0.3) is 11.3 Å². The van der Waals surface area contributed by atoms with Crippen LogP contribution in [-0.4, -0.2) is 35.2 Å². The highest BCUT2D eigenvalue weighted by Gasteiger charge is 2.24. The van der Waals surface area contributed by atoms with Gasteiger partial charge in [-0.1, -0.05) is 41.9 Å². The molecule has 0 spiro atoms. The Labute approximate surface area is 167 Å². The monoisotopic (exact) mass is 398 g/mol. The van der Waals surface area contributed by atoms with Crippen molar-refractivity contribution in [3.63, 3.8) is 0 Å². The van der Waals surface area contributed by atoms with Crippen molar-refractivity contribution in [3.05, 3.63) is 71.0 Å². The van der Waals surface area contributed by atoms with E-state index in [1.807, 2.05) is 36.4 Å². The van der Waals surface area contributed by atoms with Gasteiger partial charge in [-0.3, -0.25) is 9.89 Å². The summed E-state index contributed by atoms with van der Waals surface area (Å²) in [7, 11) is 0. The van der Waals surface area contributed by atoms with E-state index in [0.717, 1.165) is 36.5 Å². The van der Waals surface area contributed by atoms with E-state index in [-0.39, 0.29) is 11.6 Å². The van der Waals surface area contributed by atoms with Gasteiger partial charge in [-0.05, 0) is 36.6 Å². The minimum absolute atomic E-state index is 0.0317. The lowest BCUT2D eigenvalue weighted by Gasteiger charge is -2.33. The number of carbonyl (C=O) groups excluding carboxylic acids is 1. The molecule has 1 atom stereocenters. The van der Waals surface area contributed by atoms with Crippen molar-refractivity contribution in [3.8, 4) is 11.3 Å². The fourth-order valence-corrected chi connectivity index (χ4v) is 3.65. The summed E-state index contributed by atoms with van der Waals surface area (Å²) in [6.45, 7) is 1.48. The number of hydrogen-bond acceptors (Lipinski definition) is 3. The van der Waals surface area contributed by atoms with Crippen LogP contribution in [0.5, 0.6) is 0 Å². The Bertz CT molecular complexity index is 976. The Hall–Kier alpha value is -2.86. The van der Waals surface area contributed by atoms with Gasteiger partial charge in [0.25, 0.3) is 5.91 Å². The standard InChI is InChI=1S/C21H20ClFN4O/c22-15-8-9-18(23)17(11-15)21(28)24-16-7-4-10-27(13-16)20-12-19(25-26-20)14-5-2-1-3-6-14/h1-3,5-6,8-9,11-12,16H,4,7,10,13H2,(H,24,28)(H,25,26)/t16-/m1/s1. The fourth-order valence-electron chi connectivity index (χ4n) is 3.48. The lowest BCUT2D eigenvalue weighted by Crippen LogP contribution is -2.48. The van der Waals surface area contributed by atoms with Crippen LogP contribution in [0.4, 0.5) is 10.2 Å². The van der Waals surface area contributed by atoms with Gasteiger partial charge in [0.05, 0.1) is 11.3 Å². The smallest absolute Gasteiger partial charge is 0.254 e. The summed E-state index contributed by atoms with van der Waals surface area (Å²) in [5.74, 6) is -0.181. The molecule has 2 N–H and O–H groups in total. The van der Waals surface area contributed by atoms with E-state index in [1.165, 1.54) is 18.2 Å². The molecule has 1 aliphatic rings. The van der Waals surface area contributed by atoms with Crippen LogP contribution in [0.15, 0.2) is 54.6 Å². The molecule has 1 amide bonds. The quantitative estimate of drug-likeness (QED) is 0.690. The molecule has 1 aliphatic heterocycles. The average Bonchev–Trinajstić information content (AvgIpc) is 3.21. The zero-order valence-electron chi connectivity index (χ0n) is 15.2. The van der Waals surface area contributed by atoms with Crippen LogP contribution in [0, 0.1) is 5.82 Å². The van der Waals surface area contributed by atoms with Crippen molar-refractivity contribution in [2.45, 2.75) is 18.9 Å². The summed E-state index contributed by atoms with van der Waals surface area (Å²) >= 11 is 5.89. The van der Waals surface area contributed by atoms with E-state index in [9.17, 15) is 9.18 Å². The largest absolute Gasteiger partial charge is 0.353 e. The maximum atomic E-state index is 13.9. The first-order chi connectivity index (χ1) is 13.6. The van der Waals surface area contributed by atoms with Gasteiger partial charge in [0.15, 0.2) is 5.82 Å². The number of aromatic amines is 1. The number of H-pyrrole nitrogens is 1. The number of anilines is 1. The predicted octanol–water partition coefficient (Wildman–Crippen LogP) is 4.27. The molecule has 3 aromatic rings. The van der Waals surface area contributed by atoms with E-state index in [2.05, 4.69) is 20.4 Å². The molecule has 28 heavy (non-hydrogen) atoms. The second-order valence-electron chi connectivity index (χ2n) is 6.89. The molecule has 2 heterocycles. The van der Waals surface area contributed by atoms with Crippen LogP contribution in [0.2, 0.25) is 5.02 Å². The summed E-state index contributed by atoms with van der Waals surface area (Å²) in [5, 5.41) is 10.8. The third-order valence-corrected chi connectivity index (χ3v) is 5.14. The molecule has 0 radical (unpaired) electrons. The lowest BCUT2D eigenvalue weighted by atomic mass is 10.0. The zero-order valence-corrected chi connectivity index (χ0v) is 15.9. The highest BCUT2D eigenvalue weighted by molar-refractivity contribution is 6.31. The van der Waals surface area contributed by atoms with Gasteiger partial charge in [0.1, 0.15) is 5.82 Å². The number of amides is 1. The normalized spacial score (nSPS) is 16.8. The van der Waals surface area contributed by atoms with Gasteiger partial charge in [-0.2, -0.15) is 5.10 Å². The van der Waals surface area contributed by atoms with E-state index in [1.54, 1.807) is 0 Å². The molecule has 5 nitrogen and oxygen atoms in total. The number of halogens is 2. The van der Waals surface area contributed by atoms with Crippen molar-refractivity contribution < 1.29 is 9.18 Å². The number of benzene rings is 2. The molecule has 0 bridgehead atoms. The Kier molecular flexibility index (Phi) is 5.30. The average molecular weight is 399 g/mol. The van der Waals surface area contributed by atoms with Crippen LogP contribution in [0.3, 0.4) is 0 Å². The maximum absolute atomic E-state index is 13.9. The summed E-state index contributed by atoms with van der Waals surface area (Å²) in [4.78, 5) is 14.6. The number of carbonyl (C=O) groups is 1. The topological polar surface area (TPSA) is 61.0 Å². The SMILES string of the molecule is O=C(N[C@@H]1CCCN(c2cc(-c3ccccc3)[nH]n2)C1)c1cc(Cl)ccc1F. The third kappa shape index (κ3) is 4.02. The molecule has 4 rings (SSSR count). The van der Waals surface area contributed by atoms with Gasteiger partial charge in [0, 0.05) is 30.2 Å². The number of aromatic nitrogens is 2. The number of nitrogens with one attached hydrogen (secondary N) is 2. The molecule has 7 heteroatoms. The van der Waals surface area contributed by atoms with Gasteiger partial charge in [-0.25, -0.2) is 4.39 Å². The molecule has 1 fully saturated rings. The molecule has 2 aromatic carbocycles. The second-order valence-corrected chi connectivity index (χ2v) is 7.33. The van der Waals surface area contributed by atoms with Gasteiger partial charge >= 0.3 is 0 Å². The molecule has 0 aliphatic carbocycles. The highest BCUT2D eigenvalue weighted by atomic mass is 35.5. The maximum Gasteiger partial charge on any atom is 0.254 e. The summed E-state index contributed by atoms with van der Waals surface area (Å²) < 4.78 is 13.9. The van der Waals surface area contributed by atoms with Gasteiger partial charge in [-0.15, -0.1) is 0 Å². The summed E-state index contributed by atoms with van der Waals surface area (Å²) in [5.41, 5.74) is 1.98. The van der Waals surface area contributed by atoms with Crippen LogP contribution < -0.4 is 10.2 Å². The van der Waals surface area contributed by atoms with E-state index >= 15 is 0 Å². The Morgan fingerprint density at radius 1 is 1.21 bits per heavy atom. The first-order valence-electron chi connectivity index (χ1n) is 9.22. The van der Waals surface area contributed by atoms with Crippen molar-refractivity contribution in [1.82, 2.24) is 15.5 Å². The minimum Gasteiger partial charge on any atom is -0.353 e. The van der Waals surface area contributed by atoms with Crippen molar-refractivity contribution in [2.24, 2.45) is 0 Å². The van der Waals surface area contributed by atoms with Gasteiger partial charge < -0.3 is 10.2 Å². The number of nitrogens with zero attached hydrogens (tertiary/aromatic N) is 2. The van der Waals surface area contributed by atoms with Crippen molar-refractivity contribution in [1.29, 1.82) is 0 Å². The van der Waals surface area contributed by atoms with E-state index < -0.39 is 11.7 Å². The lowest BCUT2D eigenvalue weighted by molar-refractivity contribution is 0.0929. The van der Waals surface area contributed by atoms with Crippen molar-refractivity contribution >= 4 is 23.3 Å². The molecular formula is C21H20ClFN4O. The van der Waals surface area contributed by atoms with E-state index in [4.69, 9.17) is 11.6 Å². The summed E-state index contributed by atoms with van der Waals surface area (Å²) in [6, 6.07) is 15.9. The molecule has 1 aromatic heterocycles. The van der Waals surface area contributed by atoms with Crippen LogP contribution in [-0.2, 0) is 0 Å². The minimum atomic E-state index is -0.575. The van der Waals surface area contributed by atoms with Crippen molar-refractivity contribution in [2.75, 3.05) is 18.0 Å². The fraction of sp³-hybridized carbons (Fsp3) is 0.238. The Morgan fingerprint density at radius 3 is 2.86 bits per heavy atom. The number of hydrogen-bond donors (Lipinski definition) is 2. The molecule has 0 saturated carbocycles. The zero-order chi connectivity index (χ0) is 19.5. The molecule has 144 valence electrons.